The maximum Gasteiger partial charge on any atom is 0.120 e. The van der Waals surface area contributed by atoms with Crippen molar-refractivity contribution in [2.45, 2.75) is 20.1 Å². The van der Waals surface area contributed by atoms with Gasteiger partial charge in [-0.1, -0.05) is 30.3 Å². The largest absolute Gasteiger partial charge is 0.489 e. The number of thiophene rings is 1. The summed E-state index contributed by atoms with van der Waals surface area (Å²) in [7, 11) is 0. The molecule has 2 nitrogen and oxygen atoms in total. The van der Waals surface area contributed by atoms with Gasteiger partial charge in [0.2, 0.25) is 0 Å². The smallest absolute Gasteiger partial charge is 0.120 e. The first-order valence-corrected chi connectivity index (χ1v) is 7.53. The van der Waals surface area contributed by atoms with Crippen LogP contribution in [-0.4, -0.2) is 0 Å². The van der Waals surface area contributed by atoms with Crippen LogP contribution in [-0.2, 0) is 13.2 Å². The monoisotopic (exact) mass is 283 g/mol. The number of nitrogens with two attached hydrogens (primary N) is 1. The molecule has 0 amide bonds. The van der Waals surface area contributed by atoms with Crippen LogP contribution in [0.15, 0.2) is 47.8 Å². The van der Waals surface area contributed by atoms with Crippen LogP contribution in [0.25, 0.3) is 10.1 Å². The number of rotatable bonds is 4. The van der Waals surface area contributed by atoms with Gasteiger partial charge < -0.3 is 10.5 Å². The molecule has 0 atom stereocenters. The van der Waals surface area contributed by atoms with Gasteiger partial charge >= 0.3 is 0 Å². The first-order chi connectivity index (χ1) is 9.78. The minimum Gasteiger partial charge on any atom is -0.489 e. The Hall–Kier alpha value is -1.84. The molecule has 3 aromatic rings. The minimum absolute atomic E-state index is 0.579. The number of hydrogen-bond donors (Lipinski definition) is 1. The van der Waals surface area contributed by atoms with Crippen LogP contribution >= 0.6 is 11.3 Å². The average Bonchev–Trinajstić information content (AvgIpc) is 2.88. The fraction of sp³-hybridized carbons (Fsp3) is 0.176. The van der Waals surface area contributed by atoms with Gasteiger partial charge in [0.25, 0.3) is 0 Å². The Morgan fingerprint density at radius 2 is 1.95 bits per heavy atom. The van der Waals surface area contributed by atoms with E-state index in [2.05, 4.69) is 42.6 Å². The Balaban J connectivity index is 1.85. The van der Waals surface area contributed by atoms with E-state index in [0.717, 1.165) is 5.75 Å². The second-order valence-corrected chi connectivity index (χ2v) is 5.74. The quantitative estimate of drug-likeness (QED) is 0.777. The Kier molecular flexibility index (Phi) is 3.72. The molecule has 0 radical (unpaired) electrons. The molecule has 0 bridgehead atoms. The van der Waals surface area contributed by atoms with Gasteiger partial charge in [-0.05, 0) is 40.9 Å². The topological polar surface area (TPSA) is 35.2 Å². The maximum atomic E-state index is 5.89. The Bertz CT molecular complexity index is 733. The van der Waals surface area contributed by atoms with Crippen molar-refractivity contribution in [1.29, 1.82) is 0 Å². The van der Waals surface area contributed by atoms with Crippen molar-refractivity contribution >= 4 is 21.4 Å². The van der Waals surface area contributed by atoms with Gasteiger partial charge in [-0.3, -0.25) is 0 Å². The van der Waals surface area contributed by atoms with Crippen LogP contribution in [0.4, 0.5) is 0 Å². The molecular formula is C17H17NOS. The van der Waals surface area contributed by atoms with Crippen molar-refractivity contribution in [3.05, 3.63) is 64.5 Å². The molecule has 0 aliphatic heterocycles. The highest BCUT2D eigenvalue weighted by Gasteiger charge is 2.07. The third-order valence-electron chi connectivity index (χ3n) is 3.37. The lowest BCUT2D eigenvalue weighted by Crippen LogP contribution is -1.97. The number of aryl methyl sites for hydroxylation is 1. The zero-order valence-corrected chi connectivity index (χ0v) is 12.2. The molecule has 0 spiro atoms. The third kappa shape index (κ3) is 2.55. The fourth-order valence-electron chi connectivity index (χ4n) is 2.31. The summed E-state index contributed by atoms with van der Waals surface area (Å²) in [4.78, 5) is 0. The van der Waals surface area contributed by atoms with Crippen LogP contribution in [0.1, 0.15) is 16.7 Å². The summed E-state index contributed by atoms with van der Waals surface area (Å²) in [6.45, 7) is 3.24. The molecule has 0 saturated carbocycles. The highest BCUT2D eigenvalue weighted by Crippen LogP contribution is 2.29. The summed E-state index contributed by atoms with van der Waals surface area (Å²) in [5, 5.41) is 3.42. The van der Waals surface area contributed by atoms with Crippen LogP contribution in [0.2, 0.25) is 0 Å². The van der Waals surface area contributed by atoms with Crippen molar-refractivity contribution in [1.82, 2.24) is 0 Å². The highest BCUT2D eigenvalue weighted by molar-refractivity contribution is 7.17. The van der Waals surface area contributed by atoms with Crippen molar-refractivity contribution in [3.8, 4) is 5.75 Å². The van der Waals surface area contributed by atoms with E-state index in [4.69, 9.17) is 10.5 Å². The predicted molar refractivity (Wildman–Crippen MR) is 85.2 cm³/mol. The van der Waals surface area contributed by atoms with E-state index in [0.29, 0.717) is 13.2 Å². The molecule has 2 aromatic carbocycles. The summed E-state index contributed by atoms with van der Waals surface area (Å²) < 4.78 is 7.16. The molecule has 2 N–H and O–H groups in total. The van der Waals surface area contributed by atoms with E-state index in [1.807, 2.05) is 12.1 Å². The Morgan fingerprint density at radius 3 is 2.75 bits per heavy atom. The van der Waals surface area contributed by atoms with Gasteiger partial charge in [0.1, 0.15) is 12.4 Å². The molecule has 0 aliphatic carbocycles. The predicted octanol–water partition coefficient (Wildman–Crippen LogP) is 4.25. The van der Waals surface area contributed by atoms with E-state index >= 15 is 0 Å². The van der Waals surface area contributed by atoms with Gasteiger partial charge in [-0.15, -0.1) is 11.3 Å². The Morgan fingerprint density at radius 1 is 1.10 bits per heavy atom. The first kappa shape index (κ1) is 13.2. The van der Waals surface area contributed by atoms with Gasteiger partial charge in [0, 0.05) is 16.8 Å². The molecular weight excluding hydrogens is 266 g/mol. The van der Waals surface area contributed by atoms with Crippen molar-refractivity contribution < 1.29 is 4.74 Å². The van der Waals surface area contributed by atoms with Crippen molar-refractivity contribution in [3.63, 3.8) is 0 Å². The van der Waals surface area contributed by atoms with Crippen molar-refractivity contribution in [2.24, 2.45) is 5.73 Å². The summed E-state index contributed by atoms with van der Waals surface area (Å²) in [6, 6.07) is 14.4. The summed E-state index contributed by atoms with van der Waals surface area (Å²) in [6.07, 6.45) is 0. The normalized spacial score (nSPS) is 10.9. The fourth-order valence-corrected chi connectivity index (χ4v) is 3.39. The van der Waals surface area contributed by atoms with E-state index in [-0.39, 0.29) is 0 Å². The van der Waals surface area contributed by atoms with Crippen LogP contribution in [0.5, 0.6) is 5.75 Å². The van der Waals surface area contributed by atoms with Crippen LogP contribution in [0.3, 0.4) is 0 Å². The molecule has 1 aromatic heterocycles. The second-order valence-electron chi connectivity index (χ2n) is 4.86. The molecule has 1 heterocycles. The zero-order valence-electron chi connectivity index (χ0n) is 11.4. The molecule has 0 fully saturated rings. The van der Waals surface area contributed by atoms with Gasteiger partial charge in [0.05, 0.1) is 0 Å². The van der Waals surface area contributed by atoms with E-state index in [9.17, 15) is 0 Å². The molecule has 3 heteroatoms. The first-order valence-electron chi connectivity index (χ1n) is 6.65. The lowest BCUT2D eigenvalue weighted by atomic mass is 10.1. The molecule has 0 aliphatic rings. The number of ether oxygens (including phenoxy) is 1. The van der Waals surface area contributed by atoms with Crippen LogP contribution < -0.4 is 10.5 Å². The number of fused-ring (bicyclic) bond motifs is 1. The van der Waals surface area contributed by atoms with E-state index in [1.54, 1.807) is 11.3 Å². The lowest BCUT2D eigenvalue weighted by Gasteiger charge is -2.06. The zero-order chi connectivity index (χ0) is 13.9. The number of hydrogen-bond acceptors (Lipinski definition) is 3. The third-order valence-corrected chi connectivity index (χ3v) is 4.49. The maximum absolute atomic E-state index is 5.89. The van der Waals surface area contributed by atoms with Gasteiger partial charge in [-0.2, -0.15) is 0 Å². The average molecular weight is 283 g/mol. The minimum atomic E-state index is 0.579. The summed E-state index contributed by atoms with van der Waals surface area (Å²) >= 11 is 1.74. The summed E-state index contributed by atoms with van der Waals surface area (Å²) in [5.41, 5.74) is 9.42. The molecule has 0 saturated heterocycles. The molecule has 102 valence electrons. The summed E-state index contributed by atoms with van der Waals surface area (Å²) in [5.74, 6) is 0.916. The Labute approximate surface area is 122 Å². The highest BCUT2D eigenvalue weighted by atomic mass is 32.1. The standard InChI is InChI=1S/C17H17NOS/c1-12-4-2-6-15(8-12)19-10-14-11-20-17-13(9-18)5-3-7-16(14)17/h2-8,11H,9-10,18H2,1H3. The van der Waals surface area contributed by atoms with Gasteiger partial charge in [-0.25, -0.2) is 0 Å². The number of benzene rings is 2. The van der Waals surface area contributed by atoms with Gasteiger partial charge in [0.15, 0.2) is 0 Å². The second kappa shape index (κ2) is 5.65. The molecule has 20 heavy (non-hydrogen) atoms. The molecule has 3 rings (SSSR count). The van der Waals surface area contributed by atoms with E-state index < -0.39 is 0 Å². The van der Waals surface area contributed by atoms with E-state index in [1.165, 1.54) is 26.8 Å². The molecule has 0 unspecified atom stereocenters. The van der Waals surface area contributed by atoms with Crippen LogP contribution in [0, 0.1) is 6.92 Å². The van der Waals surface area contributed by atoms with Crippen molar-refractivity contribution in [2.75, 3.05) is 0 Å². The lowest BCUT2D eigenvalue weighted by molar-refractivity contribution is 0.308. The SMILES string of the molecule is Cc1cccc(OCc2csc3c(CN)cccc23)c1.